The van der Waals surface area contributed by atoms with Crippen LogP contribution >= 0.6 is 0 Å². The Morgan fingerprint density at radius 2 is 2.12 bits per heavy atom. The Labute approximate surface area is 96.3 Å². The van der Waals surface area contributed by atoms with Crippen molar-refractivity contribution in [2.24, 2.45) is 0 Å². The monoisotopic (exact) mass is 221 g/mol. The minimum Gasteiger partial charge on any atom is -0.386 e. The number of aliphatic hydroxyl groups is 1. The highest BCUT2D eigenvalue weighted by atomic mass is 16.3. The van der Waals surface area contributed by atoms with Crippen molar-refractivity contribution in [2.45, 2.75) is 38.7 Å². The first kappa shape index (κ1) is 11.3. The predicted octanol–water partition coefficient (Wildman–Crippen LogP) is 1.39. The highest BCUT2D eigenvalue weighted by molar-refractivity contribution is 5.44. The highest BCUT2D eigenvalue weighted by Crippen LogP contribution is 2.29. The van der Waals surface area contributed by atoms with Crippen molar-refractivity contribution < 1.29 is 5.11 Å². The third kappa shape index (κ3) is 2.16. The molecule has 2 rings (SSSR count). The summed E-state index contributed by atoms with van der Waals surface area (Å²) < 4.78 is 0. The molecule has 0 unspecified atom stereocenters. The minimum atomic E-state index is -0.494. The molecule has 1 aromatic rings. The van der Waals surface area contributed by atoms with Crippen molar-refractivity contribution >= 4 is 5.82 Å². The molecule has 2 heterocycles. The van der Waals surface area contributed by atoms with Crippen LogP contribution in [0.2, 0.25) is 0 Å². The highest BCUT2D eigenvalue weighted by Gasteiger charge is 2.40. The average molecular weight is 221 g/mol. The van der Waals surface area contributed by atoms with E-state index in [1.807, 2.05) is 6.07 Å². The Kier molecular flexibility index (Phi) is 3.10. The molecular weight excluding hydrogens is 202 g/mol. The summed E-state index contributed by atoms with van der Waals surface area (Å²) in [5, 5.41) is 10.1. The molecule has 0 atom stereocenters. The van der Waals surface area contributed by atoms with Gasteiger partial charge in [-0.2, -0.15) is 0 Å². The standard InChI is InChI=1S/C12H19N3O/c1-3-5-12(16)7-15(8-12)11-6-10(4-2)13-9-14-11/h6,9,16H,3-5,7-8H2,1-2H3. The molecule has 1 N–H and O–H groups in total. The summed E-state index contributed by atoms with van der Waals surface area (Å²) >= 11 is 0. The van der Waals surface area contributed by atoms with Crippen LogP contribution in [0.25, 0.3) is 0 Å². The van der Waals surface area contributed by atoms with E-state index in [1.54, 1.807) is 6.33 Å². The number of hydrogen-bond acceptors (Lipinski definition) is 4. The van der Waals surface area contributed by atoms with Gasteiger partial charge in [0, 0.05) is 24.8 Å². The molecule has 0 amide bonds. The Morgan fingerprint density at radius 3 is 2.75 bits per heavy atom. The molecule has 16 heavy (non-hydrogen) atoms. The second-order valence-electron chi connectivity index (χ2n) is 4.55. The number of nitrogens with zero attached hydrogens (tertiary/aromatic N) is 3. The van der Waals surface area contributed by atoms with Crippen LogP contribution in [-0.2, 0) is 6.42 Å². The summed E-state index contributed by atoms with van der Waals surface area (Å²) in [6.07, 6.45) is 4.41. The van der Waals surface area contributed by atoms with Gasteiger partial charge in [-0.3, -0.25) is 0 Å². The van der Waals surface area contributed by atoms with Crippen LogP contribution in [0.3, 0.4) is 0 Å². The summed E-state index contributed by atoms with van der Waals surface area (Å²) in [4.78, 5) is 10.5. The van der Waals surface area contributed by atoms with Gasteiger partial charge < -0.3 is 10.0 Å². The average Bonchev–Trinajstić information content (AvgIpc) is 2.26. The van der Waals surface area contributed by atoms with Crippen molar-refractivity contribution in [1.82, 2.24) is 9.97 Å². The van der Waals surface area contributed by atoms with E-state index in [9.17, 15) is 5.11 Å². The molecule has 0 bridgehead atoms. The zero-order chi connectivity index (χ0) is 11.6. The smallest absolute Gasteiger partial charge is 0.132 e. The van der Waals surface area contributed by atoms with Gasteiger partial charge in [0.25, 0.3) is 0 Å². The maximum atomic E-state index is 10.1. The van der Waals surface area contributed by atoms with E-state index in [0.29, 0.717) is 13.1 Å². The van der Waals surface area contributed by atoms with E-state index in [-0.39, 0.29) is 0 Å². The lowest BCUT2D eigenvalue weighted by Crippen LogP contribution is -2.62. The van der Waals surface area contributed by atoms with Crippen LogP contribution in [0.15, 0.2) is 12.4 Å². The first-order chi connectivity index (χ1) is 7.67. The number of aryl methyl sites for hydroxylation is 1. The van der Waals surface area contributed by atoms with Gasteiger partial charge in [-0.15, -0.1) is 0 Å². The van der Waals surface area contributed by atoms with Crippen LogP contribution in [0, 0.1) is 0 Å². The Balaban J connectivity index is 2.00. The van der Waals surface area contributed by atoms with Gasteiger partial charge in [0.1, 0.15) is 12.1 Å². The van der Waals surface area contributed by atoms with Gasteiger partial charge in [-0.1, -0.05) is 20.3 Å². The minimum absolute atomic E-state index is 0.494. The zero-order valence-electron chi connectivity index (χ0n) is 9.98. The molecule has 0 aliphatic carbocycles. The van der Waals surface area contributed by atoms with E-state index in [1.165, 1.54) is 0 Å². The van der Waals surface area contributed by atoms with E-state index in [4.69, 9.17) is 0 Å². The number of hydrogen-bond donors (Lipinski definition) is 1. The molecule has 0 aromatic carbocycles. The lowest BCUT2D eigenvalue weighted by atomic mass is 9.89. The van der Waals surface area contributed by atoms with Gasteiger partial charge >= 0.3 is 0 Å². The van der Waals surface area contributed by atoms with Crippen LogP contribution in [0.4, 0.5) is 5.82 Å². The Bertz CT molecular complexity index is 361. The maximum Gasteiger partial charge on any atom is 0.132 e. The normalized spacial score (nSPS) is 18.3. The molecule has 4 heteroatoms. The molecule has 88 valence electrons. The van der Waals surface area contributed by atoms with Crippen molar-refractivity contribution in [2.75, 3.05) is 18.0 Å². The van der Waals surface area contributed by atoms with Gasteiger partial charge in [0.15, 0.2) is 0 Å². The SMILES string of the molecule is CCCC1(O)CN(c2cc(CC)ncn2)C1. The van der Waals surface area contributed by atoms with Crippen LogP contribution in [0.1, 0.15) is 32.4 Å². The topological polar surface area (TPSA) is 49.2 Å². The molecular formula is C12H19N3O. The van der Waals surface area contributed by atoms with Crippen molar-refractivity contribution in [3.05, 3.63) is 18.1 Å². The molecule has 0 saturated carbocycles. The Morgan fingerprint density at radius 1 is 1.38 bits per heavy atom. The van der Waals surface area contributed by atoms with Crippen LogP contribution in [-0.4, -0.2) is 33.8 Å². The van der Waals surface area contributed by atoms with Gasteiger partial charge in [0.05, 0.1) is 5.60 Å². The number of aromatic nitrogens is 2. The second kappa shape index (κ2) is 4.37. The van der Waals surface area contributed by atoms with Gasteiger partial charge in [-0.25, -0.2) is 9.97 Å². The summed E-state index contributed by atoms with van der Waals surface area (Å²) in [7, 11) is 0. The summed E-state index contributed by atoms with van der Waals surface area (Å²) in [6, 6.07) is 2.01. The molecule has 0 spiro atoms. The number of β-amino-alcohol motifs (C(OH)–C–C–N with tert-alkyl or cyclic N) is 1. The van der Waals surface area contributed by atoms with E-state index in [2.05, 4.69) is 28.7 Å². The first-order valence-corrected chi connectivity index (χ1v) is 5.95. The maximum absolute atomic E-state index is 10.1. The Hall–Kier alpha value is -1.16. The summed E-state index contributed by atoms with van der Waals surface area (Å²) in [5.41, 5.74) is 0.558. The molecule has 1 aliphatic heterocycles. The molecule has 1 aromatic heterocycles. The predicted molar refractivity (Wildman–Crippen MR) is 63.5 cm³/mol. The molecule has 4 nitrogen and oxygen atoms in total. The van der Waals surface area contributed by atoms with Gasteiger partial charge in [-0.05, 0) is 12.8 Å². The van der Waals surface area contributed by atoms with Crippen molar-refractivity contribution in [3.63, 3.8) is 0 Å². The summed E-state index contributed by atoms with van der Waals surface area (Å²) in [6.45, 7) is 5.57. The lowest BCUT2D eigenvalue weighted by molar-refractivity contribution is 0.00292. The fourth-order valence-electron chi connectivity index (χ4n) is 2.20. The number of rotatable bonds is 4. The van der Waals surface area contributed by atoms with Crippen LogP contribution in [0.5, 0.6) is 0 Å². The molecule has 1 aliphatic rings. The largest absolute Gasteiger partial charge is 0.386 e. The third-order valence-electron chi connectivity index (χ3n) is 3.08. The third-order valence-corrected chi connectivity index (χ3v) is 3.08. The summed E-state index contributed by atoms with van der Waals surface area (Å²) in [5.74, 6) is 0.938. The zero-order valence-corrected chi connectivity index (χ0v) is 9.98. The fraction of sp³-hybridized carbons (Fsp3) is 0.667. The molecule has 0 radical (unpaired) electrons. The van der Waals surface area contributed by atoms with E-state index >= 15 is 0 Å². The molecule has 1 fully saturated rings. The van der Waals surface area contributed by atoms with Crippen LogP contribution < -0.4 is 4.90 Å². The van der Waals surface area contributed by atoms with Crippen molar-refractivity contribution in [3.8, 4) is 0 Å². The first-order valence-electron chi connectivity index (χ1n) is 5.95. The molecule has 1 saturated heterocycles. The van der Waals surface area contributed by atoms with Gasteiger partial charge in [0.2, 0.25) is 0 Å². The van der Waals surface area contributed by atoms with Crippen molar-refractivity contribution in [1.29, 1.82) is 0 Å². The van der Waals surface area contributed by atoms with E-state index < -0.39 is 5.60 Å². The lowest BCUT2D eigenvalue weighted by Gasteiger charge is -2.47. The second-order valence-corrected chi connectivity index (χ2v) is 4.55. The number of anilines is 1. The quantitative estimate of drug-likeness (QED) is 0.834. The fourth-order valence-corrected chi connectivity index (χ4v) is 2.20. The van der Waals surface area contributed by atoms with E-state index in [0.717, 1.165) is 30.8 Å².